The van der Waals surface area contributed by atoms with E-state index < -0.39 is 11.9 Å². The molecule has 0 aliphatic carbocycles. The third kappa shape index (κ3) is 5.62. The molecule has 5 rings (SSSR count). The zero-order valence-electron chi connectivity index (χ0n) is 21.2. The number of hydrogen-bond acceptors (Lipinski definition) is 7. The molecule has 0 fully saturated rings. The number of halogens is 2. The molecule has 9 heteroatoms. The van der Waals surface area contributed by atoms with Gasteiger partial charge in [-0.2, -0.15) is 5.26 Å². The van der Waals surface area contributed by atoms with Gasteiger partial charge in [0.25, 0.3) is 0 Å². The Balaban J connectivity index is 1.44. The molecule has 0 spiro atoms. The van der Waals surface area contributed by atoms with Crippen LogP contribution in [0.4, 0.5) is 0 Å². The summed E-state index contributed by atoms with van der Waals surface area (Å²) in [6.07, 6.45) is 0. The molecule has 0 radical (unpaired) electrons. The lowest BCUT2D eigenvalue weighted by atomic mass is 9.83. The molecule has 0 bridgehead atoms. The average Bonchev–Trinajstić information content (AvgIpc) is 2.96. The second kappa shape index (κ2) is 11.7. The van der Waals surface area contributed by atoms with Gasteiger partial charge in [-0.15, -0.1) is 0 Å². The van der Waals surface area contributed by atoms with Crippen molar-refractivity contribution in [1.29, 1.82) is 5.26 Å². The predicted octanol–water partition coefficient (Wildman–Crippen LogP) is 7.13. The summed E-state index contributed by atoms with van der Waals surface area (Å²) < 4.78 is 23.6. The Labute approximate surface area is 244 Å². The summed E-state index contributed by atoms with van der Waals surface area (Å²) >= 11 is 9.34. The van der Waals surface area contributed by atoms with Gasteiger partial charge < -0.3 is 24.7 Å². The lowest BCUT2D eigenvalue weighted by Crippen LogP contribution is -2.21. The summed E-state index contributed by atoms with van der Waals surface area (Å²) in [7, 11) is 1.55. The molecule has 200 valence electrons. The SMILES string of the molecule is COc1cc(C2C(C#N)=C(N)Oc3cc(OC(=O)c4ccccc4Br)ccc32)ccc1OCc1ccc(Cl)cc1. The fraction of sp³-hybridized carbons (Fsp3) is 0.0968. The van der Waals surface area contributed by atoms with Gasteiger partial charge in [-0.05, 0) is 69.5 Å². The number of allylic oxidation sites excluding steroid dienone is 1. The van der Waals surface area contributed by atoms with Crippen LogP contribution in [0.25, 0.3) is 0 Å². The monoisotopic (exact) mass is 616 g/mol. The second-order valence-corrected chi connectivity index (χ2v) is 10.1. The van der Waals surface area contributed by atoms with Crippen LogP contribution in [0.1, 0.15) is 33.0 Å². The Morgan fingerprint density at radius 1 is 1.05 bits per heavy atom. The van der Waals surface area contributed by atoms with Crippen molar-refractivity contribution in [3.63, 3.8) is 0 Å². The number of hydrogen-bond donors (Lipinski definition) is 1. The first-order valence-electron chi connectivity index (χ1n) is 12.1. The number of carbonyl (C=O) groups is 1. The molecule has 4 aromatic carbocycles. The first-order valence-corrected chi connectivity index (χ1v) is 13.3. The van der Waals surface area contributed by atoms with Gasteiger partial charge in [0, 0.05) is 21.1 Å². The van der Waals surface area contributed by atoms with Crippen molar-refractivity contribution in [2.75, 3.05) is 7.11 Å². The molecule has 1 aliphatic rings. The van der Waals surface area contributed by atoms with Crippen LogP contribution in [-0.4, -0.2) is 13.1 Å². The predicted molar refractivity (Wildman–Crippen MR) is 154 cm³/mol. The number of nitrogens with zero attached hydrogens (tertiary/aromatic N) is 1. The van der Waals surface area contributed by atoms with Crippen LogP contribution >= 0.6 is 27.5 Å². The fourth-order valence-electron chi connectivity index (χ4n) is 4.36. The van der Waals surface area contributed by atoms with E-state index in [1.807, 2.05) is 30.3 Å². The van der Waals surface area contributed by atoms with Gasteiger partial charge in [0.1, 0.15) is 29.7 Å². The number of ether oxygens (including phenoxy) is 4. The van der Waals surface area contributed by atoms with Crippen LogP contribution in [0.15, 0.2) is 101 Å². The molecule has 0 saturated heterocycles. The zero-order valence-corrected chi connectivity index (χ0v) is 23.5. The van der Waals surface area contributed by atoms with Gasteiger partial charge in [0.15, 0.2) is 11.5 Å². The Kier molecular flexibility index (Phi) is 7.96. The minimum atomic E-state index is -0.541. The number of fused-ring (bicyclic) bond motifs is 1. The van der Waals surface area contributed by atoms with E-state index >= 15 is 0 Å². The molecule has 1 heterocycles. The van der Waals surface area contributed by atoms with E-state index in [0.29, 0.717) is 44.5 Å². The molecule has 0 aromatic heterocycles. The number of rotatable bonds is 7. The maximum Gasteiger partial charge on any atom is 0.344 e. The van der Waals surface area contributed by atoms with Gasteiger partial charge >= 0.3 is 5.97 Å². The van der Waals surface area contributed by atoms with Gasteiger partial charge in [-0.3, -0.25) is 0 Å². The quantitative estimate of drug-likeness (QED) is 0.174. The minimum absolute atomic E-state index is 0.0312. The molecule has 0 saturated carbocycles. The van der Waals surface area contributed by atoms with E-state index in [9.17, 15) is 10.1 Å². The number of esters is 1. The highest BCUT2D eigenvalue weighted by atomic mass is 79.9. The van der Waals surface area contributed by atoms with Crippen molar-refractivity contribution in [3.8, 4) is 29.1 Å². The van der Waals surface area contributed by atoms with E-state index in [1.54, 1.807) is 61.7 Å². The van der Waals surface area contributed by atoms with E-state index in [1.165, 1.54) is 0 Å². The van der Waals surface area contributed by atoms with Gasteiger partial charge in [0.2, 0.25) is 5.88 Å². The first kappa shape index (κ1) is 27.1. The molecular formula is C31H22BrClN2O5. The van der Waals surface area contributed by atoms with Crippen LogP contribution in [0.5, 0.6) is 23.0 Å². The largest absolute Gasteiger partial charge is 0.493 e. The topological polar surface area (TPSA) is 104 Å². The van der Waals surface area contributed by atoms with Crippen molar-refractivity contribution in [1.82, 2.24) is 0 Å². The van der Waals surface area contributed by atoms with E-state index in [-0.39, 0.29) is 17.2 Å². The van der Waals surface area contributed by atoms with Crippen molar-refractivity contribution in [3.05, 3.63) is 128 Å². The van der Waals surface area contributed by atoms with Crippen LogP contribution in [0, 0.1) is 11.3 Å². The Morgan fingerprint density at radius 2 is 1.82 bits per heavy atom. The molecule has 40 heavy (non-hydrogen) atoms. The van der Waals surface area contributed by atoms with Crippen LogP contribution in [-0.2, 0) is 6.61 Å². The summed E-state index contributed by atoms with van der Waals surface area (Å²) in [5.41, 5.74) is 9.19. The maximum absolute atomic E-state index is 12.7. The van der Waals surface area contributed by atoms with Crippen molar-refractivity contribution in [2.24, 2.45) is 5.73 Å². The lowest BCUT2D eigenvalue weighted by Gasteiger charge is -2.27. The highest BCUT2D eigenvalue weighted by Gasteiger charge is 2.32. The number of carbonyl (C=O) groups excluding carboxylic acids is 1. The van der Waals surface area contributed by atoms with Gasteiger partial charge in [0.05, 0.1) is 18.6 Å². The third-order valence-electron chi connectivity index (χ3n) is 6.32. The fourth-order valence-corrected chi connectivity index (χ4v) is 4.93. The molecule has 1 aliphatic heterocycles. The number of methoxy groups -OCH3 is 1. The normalized spacial score (nSPS) is 14.0. The van der Waals surface area contributed by atoms with Crippen molar-refractivity contribution < 1.29 is 23.7 Å². The van der Waals surface area contributed by atoms with Crippen molar-refractivity contribution in [2.45, 2.75) is 12.5 Å². The molecular weight excluding hydrogens is 596 g/mol. The molecule has 1 atom stereocenters. The average molecular weight is 618 g/mol. The molecule has 0 amide bonds. The summed E-state index contributed by atoms with van der Waals surface area (Å²) in [5.74, 6) is 0.584. The van der Waals surface area contributed by atoms with E-state index in [0.717, 1.165) is 11.1 Å². The number of nitriles is 1. The highest BCUT2D eigenvalue weighted by molar-refractivity contribution is 9.10. The zero-order chi connectivity index (χ0) is 28.2. The van der Waals surface area contributed by atoms with Crippen LogP contribution in [0.3, 0.4) is 0 Å². The lowest BCUT2D eigenvalue weighted by molar-refractivity contribution is 0.0733. The number of nitrogens with two attached hydrogens (primary N) is 1. The van der Waals surface area contributed by atoms with Gasteiger partial charge in [-0.25, -0.2) is 4.79 Å². The maximum atomic E-state index is 12.7. The van der Waals surface area contributed by atoms with Gasteiger partial charge in [-0.1, -0.05) is 48.0 Å². The molecule has 1 unspecified atom stereocenters. The van der Waals surface area contributed by atoms with E-state index in [2.05, 4.69) is 22.0 Å². The summed E-state index contributed by atoms with van der Waals surface area (Å²) in [5, 5.41) is 10.6. The minimum Gasteiger partial charge on any atom is -0.493 e. The summed E-state index contributed by atoms with van der Waals surface area (Å²) in [4.78, 5) is 12.7. The smallest absolute Gasteiger partial charge is 0.344 e. The molecule has 2 N–H and O–H groups in total. The standard InChI is InChI=1S/C31H22BrClN2O5/c1-37-28-14-19(8-13-26(28)38-17-18-6-9-20(33)10-7-18)29-23-12-11-21(15-27(23)40-30(35)24(29)16-34)39-31(36)22-4-2-3-5-25(22)32/h2-15,29H,17,35H2,1H3. The van der Waals surface area contributed by atoms with Crippen LogP contribution in [0.2, 0.25) is 5.02 Å². The Bertz CT molecular complexity index is 1660. The molecule has 4 aromatic rings. The molecule has 7 nitrogen and oxygen atoms in total. The number of benzene rings is 4. The third-order valence-corrected chi connectivity index (χ3v) is 7.27. The summed E-state index contributed by atoms with van der Waals surface area (Å²) in [6, 6.07) is 27.0. The van der Waals surface area contributed by atoms with E-state index in [4.69, 9.17) is 36.3 Å². The van der Waals surface area contributed by atoms with Crippen LogP contribution < -0.4 is 24.7 Å². The Hall–Kier alpha value is -4.45. The highest BCUT2D eigenvalue weighted by Crippen LogP contribution is 2.45. The van der Waals surface area contributed by atoms with Crippen molar-refractivity contribution >= 4 is 33.5 Å². The second-order valence-electron chi connectivity index (χ2n) is 8.82. The Morgan fingerprint density at radius 3 is 2.55 bits per heavy atom. The first-order chi connectivity index (χ1) is 19.4. The summed E-state index contributed by atoms with van der Waals surface area (Å²) in [6.45, 7) is 0.324.